The highest BCUT2D eigenvalue weighted by Gasteiger charge is 2.47. The molecule has 4 unspecified atom stereocenters. The number of esters is 2. The highest BCUT2D eigenvalue weighted by Crippen LogP contribution is 2.51. The Morgan fingerprint density at radius 1 is 0.742 bits per heavy atom. The molecule has 1 fully saturated rings. The second-order valence-electron chi connectivity index (χ2n) is 7.41. The Hall–Kier alpha value is -3.46. The first-order valence-corrected chi connectivity index (χ1v) is 9.63. The molecule has 2 aromatic rings. The molecule has 4 atom stereocenters. The maximum atomic E-state index is 11.5. The zero-order chi connectivity index (χ0) is 22.7. The van der Waals surface area contributed by atoms with Gasteiger partial charge >= 0.3 is 11.9 Å². The van der Waals surface area contributed by atoms with Crippen molar-refractivity contribution < 1.29 is 44.2 Å². The van der Waals surface area contributed by atoms with Crippen LogP contribution in [0.5, 0.6) is 23.0 Å². The molecule has 2 aromatic carbocycles. The van der Waals surface area contributed by atoms with Crippen molar-refractivity contribution in [2.24, 2.45) is 11.8 Å². The molecule has 31 heavy (non-hydrogen) atoms. The first-order valence-electron chi connectivity index (χ1n) is 9.63. The lowest BCUT2D eigenvalue weighted by Crippen LogP contribution is -2.27. The highest BCUT2D eigenvalue weighted by molar-refractivity contribution is 5.66. The van der Waals surface area contributed by atoms with Gasteiger partial charge in [0.25, 0.3) is 0 Å². The Morgan fingerprint density at radius 2 is 1.13 bits per heavy atom. The van der Waals surface area contributed by atoms with Gasteiger partial charge in [0.2, 0.25) is 0 Å². The van der Waals surface area contributed by atoms with Gasteiger partial charge in [-0.25, -0.2) is 0 Å². The van der Waals surface area contributed by atoms with Crippen molar-refractivity contribution in [1.82, 2.24) is 0 Å². The third-order valence-corrected chi connectivity index (χ3v) is 5.23. The van der Waals surface area contributed by atoms with Gasteiger partial charge in [-0.15, -0.1) is 0 Å². The van der Waals surface area contributed by atoms with Gasteiger partial charge in [-0.3, -0.25) is 9.59 Å². The van der Waals surface area contributed by atoms with Crippen LogP contribution < -0.4 is 0 Å². The summed E-state index contributed by atoms with van der Waals surface area (Å²) in [6.07, 6.45) is -1.38. The SMILES string of the molecule is CC(=O)OCC1C(c2ccc(O)c(O)c2)OC(c2ccc(O)c(O)c2)C1COC(C)=O. The molecule has 0 saturated carbocycles. The second-order valence-corrected chi connectivity index (χ2v) is 7.41. The average molecular weight is 432 g/mol. The van der Waals surface area contributed by atoms with E-state index < -0.39 is 36.0 Å². The fraction of sp³-hybridized carbons (Fsp3) is 0.364. The lowest BCUT2D eigenvalue weighted by Gasteiger charge is -2.24. The molecule has 1 heterocycles. The molecular weight excluding hydrogens is 408 g/mol. The van der Waals surface area contributed by atoms with E-state index in [1.807, 2.05) is 0 Å². The minimum atomic E-state index is -0.688. The number of ether oxygens (including phenoxy) is 3. The topological polar surface area (TPSA) is 143 Å². The number of rotatable bonds is 6. The van der Waals surface area contributed by atoms with Crippen LogP contribution in [0.3, 0.4) is 0 Å². The van der Waals surface area contributed by atoms with Crippen molar-refractivity contribution in [3.05, 3.63) is 47.5 Å². The fourth-order valence-corrected chi connectivity index (χ4v) is 3.74. The van der Waals surface area contributed by atoms with Crippen LogP contribution in [0.1, 0.15) is 37.2 Å². The predicted molar refractivity (Wildman–Crippen MR) is 106 cm³/mol. The number of aromatic hydroxyl groups is 4. The summed E-state index contributed by atoms with van der Waals surface area (Å²) in [6.45, 7) is 2.45. The zero-order valence-electron chi connectivity index (χ0n) is 17.0. The Morgan fingerprint density at radius 3 is 1.45 bits per heavy atom. The summed E-state index contributed by atoms with van der Waals surface area (Å²) in [4.78, 5) is 22.9. The molecule has 0 bridgehead atoms. The van der Waals surface area contributed by atoms with E-state index in [4.69, 9.17) is 14.2 Å². The summed E-state index contributed by atoms with van der Waals surface area (Å²) in [6, 6.07) is 8.47. The monoisotopic (exact) mass is 432 g/mol. The van der Waals surface area contributed by atoms with Gasteiger partial charge in [-0.1, -0.05) is 12.1 Å². The number of phenolic OH excluding ortho intramolecular Hbond substituents is 4. The van der Waals surface area contributed by atoms with Crippen LogP contribution >= 0.6 is 0 Å². The molecule has 0 amide bonds. The van der Waals surface area contributed by atoms with Crippen LogP contribution in [0.4, 0.5) is 0 Å². The summed E-state index contributed by atoms with van der Waals surface area (Å²) in [5.41, 5.74) is 1.04. The third-order valence-electron chi connectivity index (χ3n) is 5.23. The molecular formula is C22H24O9. The molecule has 0 aromatic heterocycles. The lowest BCUT2D eigenvalue weighted by molar-refractivity contribution is -0.146. The van der Waals surface area contributed by atoms with Crippen LogP contribution in [0.15, 0.2) is 36.4 Å². The molecule has 0 aliphatic carbocycles. The fourth-order valence-electron chi connectivity index (χ4n) is 3.74. The summed E-state index contributed by atoms with van der Waals surface area (Å²) < 4.78 is 16.7. The van der Waals surface area contributed by atoms with Crippen molar-refractivity contribution >= 4 is 11.9 Å². The minimum Gasteiger partial charge on any atom is -0.504 e. The molecule has 166 valence electrons. The van der Waals surface area contributed by atoms with Crippen molar-refractivity contribution in [3.8, 4) is 23.0 Å². The number of carbonyl (C=O) groups is 2. The second kappa shape index (κ2) is 9.13. The average Bonchev–Trinajstić information content (AvgIpc) is 3.07. The van der Waals surface area contributed by atoms with E-state index >= 15 is 0 Å². The minimum absolute atomic E-state index is 0.0475. The van der Waals surface area contributed by atoms with Gasteiger partial charge in [0.15, 0.2) is 23.0 Å². The molecule has 9 heteroatoms. The van der Waals surface area contributed by atoms with E-state index in [1.165, 1.54) is 38.1 Å². The van der Waals surface area contributed by atoms with Crippen LogP contribution in [0.25, 0.3) is 0 Å². The van der Waals surface area contributed by atoms with Crippen molar-refractivity contribution in [1.29, 1.82) is 0 Å². The normalized spacial score (nSPS) is 22.8. The van der Waals surface area contributed by atoms with Crippen molar-refractivity contribution in [2.75, 3.05) is 13.2 Å². The number of carbonyl (C=O) groups excluding carboxylic acids is 2. The number of benzene rings is 2. The molecule has 9 nitrogen and oxygen atoms in total. The summed E-state index contributed by atoms with van der Waals surface area (Å²) in [5, 5.41) is 39.2. The predicted octanol–water partition coefficient (Wildman–Crippen LogP) is 2.68. The van der Waals surface area contributed by atoms with E-state index in [9.17, 15) is 30.0 Å². The quantitative estimate of drug-likeness (QED) is 0.400. The Labute approximate surface area is 178 Å². The van der Waals surface area contributed by atoms with E-state index in [2.05, 4.69) is 0 Å². The molecule has 3 rings (SSSR count). The molecule has 4 N–H and O–H groups in total. The van der Waals surface area contributed by atoms with Crippen molar-refractivity contribution in [3.63, 3.8) is 0 Å². The molecule has 1 aliphatic rings. The smallest absolute Gasteiger partial charge is 0.302 e. The molecule has 0 radical (unpaired) electrons. The maximum absolute atomic E-state index is 11.5. The Balaban J connectivity index is 2.03. The summed E-state index contributed by atoms with van der Waals surface area (Å²) in [7, 11) is 0. The van der Waals surface area contributed by atoms with Gasteiger partial charge in [0.1, 0.15) is 0 Å². The summed E-state index contributed by atoms with van der Waals surface area (Å²) in [5.74, 6) is -3.22. The van der Waals surface area contributed by atoms with Gasteiger partial charge in [0, 0.05) is 25.7 Å². The van der Waals surface area contributed by atoms with E-state index in [0.29, 0.717) is 11.1 Å². The van der Waals surface area contributed by atoms with Crippen LogP contribution in [-0.4, -0.2) is 45.6 Å². The Bertz CT molecular complexity index is 894. The lowest BCUT2D eigenvalue weighted by atomic mass is 9.83. The largest absolute Gasteiger partial charge is 0.504 e. The number of hydrogen-bond donors (Lipinski definition) is 4. The van der Waals surface area contributed by atoms with Crippen LogP contribution in [-0.2, 0) is 23.8 Å². The van der Waals surface area contributed by atoms with Crippen LogP contribution in [0.2, 0.25) is 0 Å². The number of phenols is 4. The Kier molecular flexibility index (Phi) is 6.55. The highest BCUT2D eigenvalue weighted by atomic mass is 16.6. The van der Waals surface area contributed by atoms with Gasteiger partial charge in [-0.05, 0) is 35.4 Å². The van der Waals surface area contributed by atoms with E-state index in [1.54, 1.807) is 12.1 Å². The van der Waals surface area contributed by atoms with Gasteiger partial charge in [-0.2, -0.15) is 0 Å². The van der Waals surface area contributed by atoms with Gasteiger partial charge in [0.05, 0.1) is 25.4 Å². The molecule has 1 aliphatic heterocycles. The zero-order valence-corrected chi connectivity index (χ0v) is 17.0. The molecule has 1 saturated heterocycles. The first-order chi connectivity index (χ1) is 14.7. The van der Waals surface area contributed by atoms with E-state index in [-0.39, 0.29) is 36.2 Å². The number of hydrogen-bond acceptors (Lipinski definition) is 9. The maximum Gasteiger partial charge on any atom is 0.302 e. The van der Waals surface area contributed by atoms with Crippen molar-refractivity contribution in [2.45, 2.75) is 26.1 Å². The molecule has 0 spiro atoms. The van der Waals surface area contributed by atoms with Crippen LogP contribution in [0, 0.1) is 11.8 Å². The first kappa shape index (κ1) is 22.2. The third kappa shape index (κ3) is 5.00. The summed E-state index contributed by atoms with van der Waals surface area (Å²) >= 11 is 0. The van der Waals surface area contributed by atoms with Gasteiger partial charge < -0.3 is 34.6 Å². The standard InChI is InChI=1S/C22H24O9/c1-11(23)29-9-15-16(10-30-12(2)24)22(14-4-6-18(26)20(28)8-14)31-21(15)13-3-5-17(25)19(27)7-13/h3-8,15-16,21-22,25-28H,9-10H2,1-2H3. The van der Waals surface area contributed by atoms with E-state index in [0.717, 1.165) is 0 Å².